The summed E-state index contributed by atoms with van der Waals surface area (Å²) in [5.41, 5.74) is -2.37. The van der Waals surface area contributed by atoms with Crippen LogP contribution in [0.5, 0.6) is 0 Å². The van der Waals surface area contributed by atoms with Gasteiger partial charge in [-0.15, -0.1) is 10.2 Å². The fourth-order valence-electron chi connectivity index (χ4n) is 1.78. The fraction of sp³-hybridized carbons (Fsp3) is 0.333. The van der Waals surface area contributed by atoms with Gasteiger partial charge in [0.15, 0.2) is 0 Å². The average molecular weight is 416 g/mol. The maximum atomic E-state index is 13.0. The molecule has 140 valence electrons. The van der Waals surface area contributed by atoms with Crippen molar-refractivity contribution in [3.63, 3.8) is 0 Å². The Bertz CT molecular complexity index is 879. The first-order valence-electron chi connectivity index (χ1n) is 7.73. The van der Waals surface area contributed by atoms with Gasteiger partial charge < -0.3 is 9.05 Å². The number of aryl methyl sites for hydroxylation is 1. The lowest BCUT2D eigenvalue weighted by Gasteiger charge is -2.19. The molecule has 0 spiro atoms. The highest BCUT2D eigenvalue weighted by molar-refractivity contribution is 8.67. The van der Waals surface area contributed by atoms with E-state index in [1.165, 1.54) is 25.3 Å². The first-order chi connectivity index (χ1) is 12.4. The third-order valence-electron chi connectivity index (χ3n) is 2.93. The van der Waals surface area contributed by atoms with E-state index in [4.69, 9.17) is 20.9 Å². The van der Waals surface area contributed by atoms with Crippen LogP contribution < -0.4 is 5.56 Å². The van der Waals surface area contributed by atoms with Crippen molar-refractivity contribution in [3.05, 3.63) is 51.7 Å². The van der Waals surface area contributed by atoms with Crippen molar-refractivity contribution in [1.29, 1.82) is 0 Å². The van der Waals surface area contributed by atoms with Gasteiger partial charge in [-0.25, -0.2) is 4.39 Å². The van der Waals surface area contributed by atoms with Crippen LogP contribution in [0, 0.1) is 12.7 Å². The van der Waals surface area contributed by atoms with Gasteiger partial charge in [-0.2, -0.15) is 9.78 Å². The maximum Gasteiger partial charge on any atom is 0.296 e. The van der Waals surface area contributed by atoms with E-state index >= 15 is 0 Å². The summed E-state index contributed by atoms with van der Waals surface area (Å²) in [4.78, 5) is 12.4. The van der Waals surface area contributed by atoms with Gasteiger partial charge in [0, 0.05) is 11.4 Å². The zero-order valence-corrected chi connectivity index (χ0v) is 17.0. The van der Waals surface area contributed by atoms with Gasteiger partial charge in [0.2, 0.25) is 5.16 Å². The van der Waals surface area contributed by atoms with Gasteiger partial charge in [-0.05, 0) is 50.3 Å². The molecule has 11 heteroatoms. The molecule has 1 aromatic carbocycles. The Morgan fingerprint density at radius 2 is 1.88 bits per heavy atom. The Labute approximate surface area is 159 Å². The standard InChI is InChI=1S/C15H18FN4O3PS2/c1-4-22-24(25,23-5-2)26-15-19-18-11(3)14(21)20(15)17-10-12-6-8-13(16)9-7-12/h6-10H,4-5H2,1-3H3/b17-10+. The first kappa shape index (κ1) is 20.9. The van der Waals surface area contributed by atoms with Crippen LogP contribution in [0.1, 0.15) is 25.1 Å². The first-order valence-corrected chi connectivity index (χ1v) is 11.8. The van der Waals surface area contributed by atoms with Crippen molar-refractivity contribution < 1.29 is 13.4 Å². The zero-order valence-electron chi connectivity index (χ0n) is 14.5. The summed E-state index contributed by atoms with van der Waals surface area (Å²) >= 11 is 6.49. The third-order valence-corrected chi connectivity index (χ3v) is 7.82. The lowest BCUT2D eigenvalue weighted by molar-refractivity contribution is 0.280. The molecular formula is C15H18FN4O3PS2. The van der Waals surface area contributed by atoms with Crippen molar-refractivity contribution in [3.8, 4) is 0 Å². The minimum Gasteiger partial charge on any atom is -0.322 e. The lowest BCUT2D eigenvalue weighted by atomic mass is 10.2. The lowest BCUT2D eigenvalue weighted by Crippen LogP contribution is -2.23. The van der Waals surface area contributed by atoms with E-state index in [1.54, 1.807) is 26.0 Å². The Morgan fingerprint density at radius 1 is 1.27 bits per heavy atom. The van der Waals surface area contributed by atoms with Crippen molar-refractivity contribution in [2.24, 2.45) is 5.10 Å². The number of hydrogen-bond acceptors (Lipinski definition) is 8. The van der Waals surface area contributed by atoms with E-state index in [1.807, 2.05) is 0 Å². The normalized spacial score (nSPS) is 12.0. The maximum absolute atomic E-state index is 13.0. The van der Waals surface area contributed by atoms with Crippen molar-refractivity contribution in [2.75, 3.05) is 13.2 Å². The van der Waals surface area contributed by atoms with Crippen LogP contribution in [0.2, 0.25) is 0 Å². The second-order valence-electron chi connectivity index (χ2n) is 4.86. The SMILES string of the molecule is CCOP(=S)(OCC)Sc1nnc(C)c(=O)n1/N=C/c1ccc(F)cc1. The van der Waals surface area contributed by atoms with Crippen LogP contribution in [-0.4, -0.2) is 34.3 Å². The summed E-state index contributed by atoms with van der Waals surface area (Å²) in [5, 5.41) is 12.2. The fourth-order valence-corrected chi connectivity index (χ4v) is 6.20. The largest absolute Gasteiger partial charge is 0.322 e. The number of aromatic nitrogens is 3. The van der Waals surface area contributed by atoms with Crippen molar-refractivity contribution in [2.45, 2.75) is 25.9 Å². The molecule has 0 aliphatic carbocycles. The predicted molar refractivity (Wildman–Crippen MR) is 104 cm³/mol. The highest BCUT2D eigenvalue weighted by atomic mass is 32.9. The van der Waals surface area contributed by atoms with Gasteiger partial charge >= 0.3 is 0 Å². The van der Waals surface area contributed by atoms with Crippen LogP contribution in [0.4, 0.5) is 4.39 Å². The monoisotopic (exact) mass is 416 g/mol. The molecule has 0 saturated carbocycles. The minimum atomic E-state index is -2.74. The molecule has 2 rings (SSSR count). The Balaban J connectivity index is 2.41. The molecule has 0 aliphatic rings. The molecule has 0 bridgehead atoms. The number of hydrogen-bond donors (Lipinski definition) is 0. The summed E-state index contributed by atoms with van der Waals surface area (Å²) in [7, 11) is 0. The average Bonchev–Trinajstić information content (AvgIpc) is 2.60. The molecule has 0 unspecified atom stereocenters. The molecule has 7 nitrogen and oxygen atoms in total. The molecule has 0 atom stereocenters. The van der Waals surface area contributed by atoms with E-state index in [0.717, 1.165) is 16.1 Å². The van der Waals surface area contributed by atoms with E-state index in [9.17, 15) is 9.18 Å². The van der Waals surface area contributed by atoms with Crippen LogP contribution in [-0.2, 0) is 20.9 Å². The van der Waals surface area contributed by atoms with Gasteiger partial charge in [0.25, 0.3) is 11.3 Å². The van der Waals surface area contributed by atoms with Gasteiger partial charge in [-0.1, -0.05) is 12.1 Å². The summed E-state index contributed by atoms with van der Waals surface area (Å²) in [6, 6.07) is 5.70. The third kappa shape index (κ3) is 5.52. The van der Waals surface area contributed by atoms with Crippen molar-refractivity contribution in [1.82, 2.24) is 14.9 Å². The Morgan fingerprint density at radius 3 is 2.46 bits per heavy atom. The minimum absolute atomic E-state index is 0.171. The molecule has 26 heavy (non-hydrogen) atoms. The van der Waals surface area contributed by atoms with Crippen molar-refractivity contribution >= 4 is 35.1 Å². The highest BCUT2D eigenvalue weighted by Gasteiger charge is 2.24. The second kappa shape index (κ2) is 9.48. The summed E-state index contributed by atoms with van der Waals surface area (Å²) in [5.74, 6) is -0.355. The number of halogens is 1. The molecule has 0 saturated heterocycles. The molecule has 0 amide bonds. The van der Waals surface area contributed by atoms with Crippen LogP contribution in [0.3, 0.4) is 0 Å². The molecule has 2 aromatic rings. The smallest absolute Gasteiger partial charge is 0.296 e. The molecular weight excluding hydrogens is 398 g/mol. The van der Waals surface area contributed by atoms with Gasteiger partial charge in [0.1, 0.15) is 11.5 Å². The molecule has 0 radical (unpaired) electrons. The Hall–Kier alpha value is -1.45. The van der Waals surface area contributed by atoms with E-state index in [-0.39, 0.29) is 16.7 Å². The molecule has 0 aliphatic heterocycles. The molecule has 0 fully saturated rings. The van der Waals surface area contributed by atoms with Crippen LogP contribution in [0.25, 0.3) is 0 Å². The quantitative estimate of drug-likeness (QED) is 0.482. The predicted octanol–water partition coefficient (Wildman–Crippen LogP) is 3.36. The molecule has 1 heterocycles. The topological polar surface area (TPSA) is 78.6 Å². The second-order valence-corrected chi connectivity index (χ2v) is 10.9. The zero-order chi connectivity index (χ0) is 19.2. The molecule has 1 aromatic heterocycles. The summed E-state index contributed by atoms with van der Waals surface area (Å²) in [6.45, 7) is 5.89. The number of benzene rings is 1. The number of rotatable bonds is 8. The molecule has 0 N–H and O–H groups in total. The van der Waals surface area contributed by atoms with Crippen LogP contribution in [0.15, 0.2) is 39.3 Å². The summed E-state index contributed by atoms with van der Waals surface area (Å²) < 4.78 is 25.2. The Kier molecular flexibility index (Phi) is 7.60. The van der Waals surface area contributed by atoms with E-state index in [2.05, 4.69) is 15.3 Å². The van der Waals surface area contributed by atoms with Crippen LogP contribution >= 0.6 is 17.1 Å². The van der Waals surface area contributed by atoms with Gasteiger partial charge in [-0.3, -0.25) is 4.79 Å². The summed E-state index contributed by atoms with van der Waals surface area (Å²) in [6.07, 6.45) is 1.43. The van der Waals surface area contributed by atoms with E-state index < -0.39 is 11.3 Å². The number of nitrogens with zero attached hydrogens (tertiary/aromatic N) is 4. The highest BCUT2D eigenvalue weighted by Crippen LogP contribution is 2.63. The van der Waals surface area contributed by atoms with Gasteiger partial charge in [0.05, 0.1) is 19.4 Å². The van der Waals surface area contributed by atoms with E-state index in [0.29, 0.717) is 18.8 Å².